The van der Waals surface area contributed by atoms with Crippen LogP contribution < -0.4 is 15.5 Å². The molecule has 2 N–H and O–H groups in total. The molecule has 6 nitrogen and oxygen atoms in total. The number of rotatable bonds is 9. The average Bonchev–Trinajstić information content (AvgIpc) is 2.98. The minimum atomic E-state index is 0.867. The summed E-state index contributed by atoms with van der Waals surface area (Å²) in [5.41, 5.74) is 4.90. The highest BCUT2D eigenvalue weighted by molar-refractivity contribution is 5.79. The number of aromatic nitrogens is 2. The fourth-order valence-electron chi connectivity index (χ4n) is 3.02. The van der Waals surface area contributed by atoms with E-state index in [9.17, 15) is 0 Å². The Morgan fingerprint density at radius 3 is 2.30 bits per heavy atom. The molecule has 6 heteroatoms. The number of hydrogen-bond acceptors (Lipinski definition) is 3. The van der Waals surface area contributed by atoms with Crippen molar-refractivity contribution >= 4 is 11.6 Å². The smallest absolute Gasteiger partial charge is 0.190 e. The van der Waals surface area contributed by atoms with Gasteiger partial charge in [0, 0.05) is 52.2 Å². The summed E-state index contributed by atoms with van der Waals surface area (Å²) in [6, 6.07) is 10.9. The van der Waals surface area contributed by atoms with E-state index in [0.29, 0.717) is 0 Å². The molecular formula is C21H34N6. The van der Waals surface area contributed by atoms with Gasteiger partial charge >= 0.3 is 0 Å². The molecule has 0 amide bonds. The van der Waals surface area contributed by atoms with Gasteiger partial charge in [-0.1, -0.05) is 12.1 Å². The molecule has 0 radical (unpaired) electrons. The maximum atomic E-state index is 4.49. The first kappa shape index (κ1) is 20.8. The second-order valence-electron chi connectivity index (χ2n) is 7.09. The van der Waals surface area contributed by atoms with E-state index in [1.807, 2.05) is 14.0 Å². The molecule has 0 fully saturated rings. The first-order valence-electron chi connectivity index (χ1n) is 9.71. The van der Waals surface area contributed by atoms with E-state index in [1.54, 1.807) is 0 Å². The normalized spacial score (nSPS) is 11.5. The Bertz CT molecular complexity index is 715. The summed E-state index contributed by atoms with van der Waals surface area (Å²) < 4.78 is 2.06. The predicted molar refractivity (Wildman–Crippen MR) is 115 cm³/mol. The molecule has 1 heterocycles. The van der Waals surface area contributed by atoms with Gasteiger partial charge in [0.2, 0.25) is 0 Å². The first-order chi connectivity index (χ1) is 13.0. The maximum absolute atomic E-state index is 4.49. The Hall–Kier alpha value is -2.50. The van der Waals surface area contributed by atoms with Gasteiger partial charge in [-0.3, -0.25) is 9.67 Å². The van der Waals surface area contributed by atoms with Crippen LogP contribution in [-0.2, 0) is 13.0 Å². The highest BCUT2D eigenvalue weighted by atomic mass is 15.3. The van der Waals surface area contributed by atoms with Gasteiger partial charge in [-0.25, -0.2) is 0 Å². The molecule has 0 aliphatic heterocycles. The predicted octanol–water partition coefficient (Wildman–Crippen LogP) is 2.75. The summed E-state index contributed by atoms with van der Waals surface area (Å²) >= 11 is 0. The summed E-state index contributed by atoms with van der Waals surface area (Å²) in [6.07, 6.45) is 3.16. The maximum Gasteiger partial charge on any atom is 0.190 e. The second kappa shape index (κ2) is 10.6. The topological polar surface area (TPSA) is 57.5 Å². The van der Waals surface area contributed by atoms with Gasteiger partial charge < -0.3 is 15.5 Å². The van der Waals surface area contributed by atoms with Crippen LogP contribution in [0.15, 0.2) is 35.3 Å². The van der Waals surface area contributed by atoms with Crippen molar-refractivity contribution in [3.05, 3.63) is 47.3 Å². The van der Waals surface area contributed by atoms with E-state index in [1.165, 1.54) is 16.9 Å². The van der Waals surface area contributed by atoms with Gasteiger partial charge in [-0.15, -0.1) is 0 Å². The zero-order valence-electron chi connectivity index (χ0n) is 17.4. The van der Waals surface area contributed by atoms with Crippen molar-refractivity contribution in [3.63, 3.8) is 0 Å². The number of benzene rings is 1. The molecule has 0 saturated heterocycles. The third kappa shape index (κ3) is 6.96. The summed E-state index contributed by atoms with van der Waals surface area (Å²) in [6.45, 7) is 6.84. The Kier molecular flexibility index (Phi) is 8.17. The zero-order valence-corrected chi connectivity index (χ0v) is 17.4. The van der Waals surface area contributed by atoms with Crippen LogP contribution in [0.5, 0.6) is 0 Å². The van der Waals surface area contributed by atoms with Crippen LogP contribution in [0.4, 0.5) is 5.69 Å². The molecule has 0 atom stereocenters. The first-order valence-corrected chi connectivity index (χ1v) is 9.71. The van der Waals surface area contributed by atoms with Crippen LogP contribution in [0.2, 0.25) is 0 Å². The largest absolute Gasteiger partial charge is 0.378 e. The van der Waals surface area contributed by atoms with E-state index >= 15 is 0 Å². The van der Waals surface area contributed by atoms with Crippen molar-refractivity contribution in [2.75, 3.05) is 39.1 Å². The lowest BCUT2D eigenvalue weighted by Gasteiger charge is -2.13. The van der Waals surface area contributed by atoms with Gasteiger partial charge in [0.05, 0.1) is 5.69 Å². The Balaban J connectivity index is 1.61. The van der Waals surface area contributed by atoms with E-state index < -0.39 is 0 Å². The Morgan fingerprint density at radius 1 is 1.07 bits per heavy atom. The van der Waals surface area contributed by atoms with Gasteiger partial charge in [0.15, 0.2) is 5.96 Å². The molecule has 0 aliphatic rings. The fourth-order valence-corrected chi connectivity index (χ4v) is 3.02. The molecule has 0 aliphatic carbocycles. The zero-order chi connectivity index (χ0) is 19.6. The van der Waals surface area contributed by atoms with Crippen molar-refractivity contribution in [1.82, 2.24) is 20.4 Å². The molecule has 1 aromatic carbocycles. The third-order valence-corrected chi connectivity index (χ3v) is 4.55. The minimum Gasteiger partial charge on any atom is -0.378 e. The van der Waals surface area contributed by atoms with Crippen molar-refractivity contribution in [1.29, 1.82) is 0 Å². The van der Waals surface area contributed by atoms with Crippen LogP contribution in [-0.4, -0.2) is 50.0 Å². The SMILES string of the molecule is CN=C(NCCCc1ccc(N(C)C)cc1)NCCCn1nc(C)cc1C. The molecular weight excluding hydrogens is 336 g/mol. The van der Waals surface area contributed by atoms with Gasteiger partial charge in [-0.2, -0.15) is 5.10 Å². The second-order valence-corrected chi connectivity index (χ2v) is 7.09. The molecule has 0 unspecified atom stereocenters. The number of hydrogen-bond donors (Lipinski definition) is 2. The number of aryl methyl sites for hydroxylation is 4. The molecule has 0 spiro atoms. The van der Waals surface area contributed by atoms with Crippen molar-refractivity contribution in [2.45, 2.75) is 39.7 Å². The van der Waals surface area contributed by atoms with Crippen LogP contribution in [0.3, 0.4) is 0 Å². The van der Waals surface area contributed by atoms with E-state index in [2.05, 4.69) is 81.7 Å². The Morgan fingerprint density at radius 2 is 1.74 bits per heavy atom. The van der Waals surface area contributed by atoms with Crippen LogP contribution in [0, 0.1) is 13.8 Å². The number of nitrogens with one attached hydrogen (secondary N) is 2. The lowest BCUT2D eigenvalue weighted by molar-refractivity contribution is 0.555. The molecule has 2 rings (SSSR count). The van der Waals surface area contributed by atoms with Gasteiger partial charge in [0.1, 0.15) is 0 Å². The van der Waals surface area contributed by atoms with Crippen molar-refractivity contribution < 1.29 is 0 Å². The van der Waals surface area contributed by atoms with Crippen LogP contribution >= 0.6 is 0 Å². The lowest BCUT2D eigenvalue weighted by atomic mass is 10.1. The highest BCUT2D eigenvalue weighted by Gasteiger charge is 2.02. The molecule has 27 heavy (non-hydrogen) atoms. The van der Waals surface area contributed by atoms with E-state index in [-0.39, 0.29) is 0 Å². The van der Waals surface area contributed by atoms with E-state index in [4.69, 9.17) is 0 Å². The standard InChI is InChI=1S/C21H34N6/c1-17-16-18(2)27(25-17)15-7-14-24-21(22-3)23-13-6-8-19-9-11-20(12-10-19)26(4)5/h9-12,16H,6-8,13-15H2,1-5H3,(H2,22,23,24). The lowest BCUT2D eigenvalue weighted by Crippen LogP contribution is -2.38. The van der Waals surface area contributed by atoms with Crippen molar-refractivity contribution in [2.24, 2.45) is 4.99 Å². The summed E-state index contributed by atoms with van der Waals surface area (Å²) in [4.78, 5) is 6.42. The van der Waals surface area contributed by atoms with E-state index in [0.717, 1.165) is 50.6 Å². The molecule has 148 valence electrons. The molecule has 0 bridgehead atoms. The monoisotopic (exact) mass is 370 g/mol. The van der Waals surface area contributed by atoms with Crippen molar-refractivity contribution in [3.8, 4) is 0 Å². The van der Waals surface area contributed by atoms with Crippen LogP contribution in [0.25, 0.3) is 0 Å². The fraction of sp³-hybridized carbons (Fsp3) is 0.524. The molecule has 2 aromatic rings. The number of guanidine groups is 1. The third-order valence-electron chi connectivity index (χ3n) is 4.55. The van der Waals surface area contributed by atoms with Crippen LogP contribution in [0.1, 0.15) is 29.8 Å². The van der Waals surface area contributed by atoms with Gasteiger partial charge in [-0.05, 0) is 56.9 Å². The summed E-state index contributed by atoms with van der Waals surface area (Å²) in [5.74, 6) is 0.867. The number of nitrogens with zero attached hydrogens (tertiary/aromatic N) is 4. The summed E-state index contributed by atoms with van der Waals surface area (Å²) in [7, 11) is 5.94. The highest BCUT2D eigenvalue weighted by Crippen LogP contribution is 2.13. The minimum absolute atomic E-state index is 0.867. The quantitative estimate of drug-likeness (QED) is 0.405. The molecule has 1 aromatic heterocycles. The number of aliphatic imine (C=N–C) groups is 1. The van der Waals surface area contributed by atoms with Gasteiger partial charge in [0.25, 0.3) is 0 Å². The molecule has 0 saturated carbocycles. The summed E-state index contributed by atoms with van der Waals surface area (Å²) in [5, 5.41) is 11.3. The average molecular weight is 371 g/mol. The Labute approximate surface area is 163 Å². The number of anilines is 1.